The van der Waals surface area contributed by atoms with Crippen molar-refractivity contribution >= 4 is 12.1 Å². The number of amides is 1. The van der Waals surface area contributed by atoms with Crippen molar-refractivity contribution in [3.8, 4) is 17.2 Å². The molecule has 0 saturated heterocycles. The number of carbonyl (C=O) groups excluding carboxylic acids is 2. The molecule has 0 fully saturated rings. The number of nitrogens with zero attached hydrogens (tertiary/aromatic N) is 1. The topological polar surface area (TPSA) is 83.5 Å². The van der Waals surface area contributed by atoms with Gasteiger partial charge in [-0.05, 0) is 18.9 Å². The van der Waals surface area contributed by atoms with Crippen LogP contribution in [0.4, 0.5) is 4.79 Å². The van der Waals surface area contributed by atoms with Gasteiger partial charge in [0.15, 0.2) is 17.5 Å². The van der Waals surface area contributed by atoms with Gasteiger partial charge in [-0.3, -0.25) is 4.90 Å². The zero-order valence-electron chi connectivity index (χ0n) is 18.4. The summed E-state index contributed by atoms with van der Waals surface area (Å²) in [6, 6.07) is 8.27. The summed E-state index contributed by atoms with van der Waals surface area (Å²) in [5.74, 6) is 0.793. The Balaban J connectivity index is 2.05. The van der Waals surface area contributed by atoms with Gasteiger partial charge >= 0.3 is 12.1 Å². The Morgan fingerprint density at radius 2 is 1.61 bits per heavy atom. The number of ether oxygens (including phenoxy) is 5. The minimum absolute atomic E-state index is 0.0919. The molecule has 0 radical (unpaired) electrons. The Labute approximate surface area is 181 Å². The van der Waals surface area contributed by atoms with Gasteiger partial charge < -0.3 is 23.7 Å². The Morgan fingerprint density at radius 3 is 2.19 bits per heavy atom. The molecule has 2 aromatic carbocycles. The Kier molecular flexibility index (Phi) is 6.89. The third-order valence-corrected chi connectivity index (χ3v) is 5.40. The average Bonchev–Trinajstić information content (AvgIpc) is 2.81. The molecule has 0 N–H and O–H groups in total. The first-order valence-electron chi connectivity index (χ1n) is 9.84. The van der Waals surface area contributed by atoms with Crippen LogP contribution in [0.5, 0.6) is 17.2 Å². The summed E-state index contributed by atoms with van der Waals surface area (Å²) in [7, 11) is 5.84. The number of hydrogen-bond acceptors (Lipinski definition) is 7. The molecule has 2 aromatic rings. The monoisotopic (exact) mass is 429 g/mol. The van der Waals surface area contributed by atoms with Gasteiger partial charge in [-0.1, -0.05) is 30.3 Å². The average molecular weight is 429 g/mol. The summed E-state index contributed by atoms with van der Waals surface area (Å²) >= 11 is 0. The highest BCUT2D eigenvalue weighted by Gasteiger charge is 2.43. The smallest absolute Gasteiger partial charge is 0.411 e. The van der Waals surface area contributed by atoms with Gasteiger partial charge in [-0.2, -0.15) is 0 Å². The summed E-state index contributed by atoms with van der Waals surface area (Å²) < 4.78 is 27.3. The van der Waals surface area contributed by atoms with Gasteiger partial charge in [0.2, 0.25) is 0 Å². The van der Waals surface area contributed by atoms with Crippen LogP contribution >= 0.6 is 0 Å². The summed E-state index contributed by atoms with van der Waals surface area (Å²) in [6.45, 7) is 2.20. The predicted molar refractivity (Wildman–Crippen MR) is 113 cm³/mol. The highest BCUT2D eigenvalue weighted by Crippen LogP contribution is 2.49. The Morgan fingerprint density at radius 1 is 0.968 bits per heavy atom. The first-order chi connectivity index (χ1) is 15.0. The molecule has 31 heavy (non-hydrogen) atoms. The maximum absolute atomic E-state index is 13.0. The zero-order valence-corrected chi connectivity index (χ0v) is 18.4. The van der Waals surface area contributed by atoms with E-state index in [-0.39, 0.29) is 13.2 Å². The Bertz CT molecular complexity index is 933. The van der Waals surface area contributed by atoms with Gasteiger partial charge in [0, 0.05) is 23.2 Å². The Hall–Kier alpha value is -3.42. The molecular weight excluding hydrogens is 402 g/mol. The first-order valence-corrected chi connectivity index (χ1v) is 9.84. The van der Waals surface area contributed by atoms with Crippen LogP contribution in [0, 0.1) is 6.92 Å². The third-order valence-electron chi connectivity index (χ3n) is 5.40. The largest absolute Gasteiger partial charge is 0.496 e. The van der Waals surface area contributed by atoms with Crippen LogP contribution in [-0.2, 0) is 27.3 Å². The summed E-state index contributed by atoms with van der Waals surface area (Å²) in [5.41, 5.74) is 2.86. The van der Waals surface area contributed by atoms with Crippen molar-refractivity contribution in [1.82, 2.24) is 4.90 Å². The molecule has 8 heteroatoms. The van der Waals surface area contributed by atoms with E-state index in [2.05, 4.69) is 0 Å². The van der Waals surface area contributed by atoms with Gasteiger partial charge in [0.1, 0.15) is 12.4 Å². The van der Waals surface area contributed by atoms with Crippen LogP contribution in [0.25, 0.3) is 0 Å². The van der Waals surface area contributed by atoms with Crippen LogP contribution in [0.3, 0.4) is 0 Å². The molecule has 1 heterocycles. The minimum Gasteiger partial charge on any atom is -0.496 e. The van der Waals surface area contributed by atoms with Crippen LogP contribution in [0.1, 0.15) is 28.3 Å². The van der Waals surface area contributed by atoms with Gasteiger partial charge in [0.05, 0.1) is 28.4 Å². The van der Waals surface area contributed by atoms with Crippen molar-refractivity contribution in [2.24, 2.45) is 0 Å². The molecule has 8 nitrogen and oxygen atoms in total. The number of fused-ring (bicyclic) bond motifs is 1. The van der Waals surface area contributed by atoms with Crippen LogP contribution < -0.4 is 14.2 Å². The van der Waals surface area contributed by atoms with Crippen LogP contribution in [-0.4, -0.2) is 51.9 Å². The molecule has 1 aliphatic rings. The van der Waals surface area contributed by atoms with E-state index in [4.69, 9.17) is 23.7 Å². The second-order valence-electron chi connectivity index (χ2n) is 7.03. The lowest BCUT2D eigenvalue weighted by Gasteiger charge is -2.37. The van der Waals surface area contributed by atoms with E-state index in [9.17, 15) is 9.59 Å². The van der Waals surface area contributed by atoms with Gasteiger partial charge in [0.25, 0.3) is 0 Å². The van der Waals surface area contributed by atoms with E-state index in [0.29, 0.717) is 29.2 Å². The molecule has 166 valence electrons. The SMILES string of the molecule is COC(=O)C1c2c(c(OC)c(C)c(OC)c2OC)CCN1C(=O)OCc1ccccc1. The summed E-state index contributed by atoms with van der Waals surface area (Å²) in [5, 5.41) is 0. The maximum Gasteiger partial charge on any atom is 0.411 e. The van der Waals surface area contributed by atoms with Crippen molar-refractivity contribution in [3.05, 3.63) is 52.6 Å². The van der Waals surface area contributed by atoms with Crippen molar-refractivity contribution in [2.45, 2.75) is 26.0 Å². The van der Waals surface area contributed by atoms with E-state index in [1.54, 1.807) is 7.11 Å². The van der Waals surface area contributed by atoms with E-state index in [0.717, 1.165) is 16.7 Å². The summed E-state index contributed by atoms with van der Waals surface area (Å²) in [4.78, 5) is 27.2. The molecule has 1 aliphatic heterocycles. The third kappa shape index (κ3) is 4.10. The lowest BCUT2D eigenvalue weighted by atomic mass is 9.88. The van der Waals surface area contributed by atoms with Crippen LogP contribution in [0.15, 0.2) is 30.3 Å². The molecule has 1 atom stereocenters. The normalized spacial score (nSPS) is 15.0. The standard InChI is InChI=1S/C23H27NO7/c1-14-19(27-2)16-11-12-24(23(26)31-13-15-9-7-6-8-10-15)18(22(25)30-5)17(16)21(29-4)20(14)28-3/h6-10,18H,11-13H2,1-5H3. The highest BCUT2D eigenvalue weighted by atomic mass is 16.6. The second-order valence-corrected chi connectivity index (χ2v) is 7.03. The molecule has 0 aromatic heterocycles. The molecule has 3 rings (SSSR count). The molecule has 0 spiro atoms. The van der Waals surface area contributed by atoms with E-state index in [1.165, 1.54) is 26.2 Å². The number of rotatable bonds is 6. The number of carbonyl (C=O) groups is 2. The first kappa shape index (κ1) is 22.3. The molecular formula is C23H27NO7. The number of benzene rings is 2. The highest BCUT2D eigenvalue weighted by molar-refractivity contribution is 5.86. The molecule has 0 saturated carbocycles. The fourth-order valence-electron chi connectivity index (χ4n) is 4.02. The zero-order chi connectivity index (χ0) is 22.5. The second kappa shape index (κ2) is 9.59. The quantitative estimate of drug-likeness (QED) is 0.651. The predicted octanol–water partition coefficient (Wildman–Crippen LogP) is 3.43. The van der Waals surface area contributed by atoms with E-state index >= 15 is 0 Å². The lowest BCUT2D eigenvalue weighted by molar-refractivity contribution is -0.147. The van der Waals surface area contributed by atoms with Gasteiger partial charge in [-0.25, -0.2) is 9.59 Å². The maximum atomic E-state index is 13.0. The lowest BCUT2D eigenvalue weighted by Crippen LogP contribution is -2.44. The van der Waals surface area contributed by atoms with Crippen molar-refractivity contribution in [2.75, 3.05) is 35.0 Å². The molecule has 1 unspecified atom stereocenters. The minimum atomic E-state index is -1.06. The van der Waals surface area contributed by atoms with Crippen molar-refractivity contribution in [1.29, 1.82) is 0 Å². The number of methoxy groups -OCH3 is 4. The van der Waals surface area contributed by atoms with Crippen LogP contribution in [0.2, 0.25) is 0 Å². The number of hydrogen-bond donors (Lipinski definition) is 0. The fraction of sp³-hybridized carbons (Fsp3) is 0.391. The molecule has 0 bridgehead atoms. The van der Waals surface area contributed by atoms with E-state index < -0.39 is 18.1 Å². The molecule has 1 amide bonds. The van der Waals surface area contributed by atoms with E-state index in [1.807, 2.05) is 37.3 Å². The summed E-state index contributed by atoms with van der Waals surface area (Å²) in [6.07, 6.45) is -0.168. The van der Waals surface area contributed by atoms with Crippen molar-refractivity contribution in [3.63, 3.8) is 0 Å². The number of esters is 1. The fourth-order valence-corrected chi connectivity index (χ4v) is 4.02. The van der Waals surface area contributed by atoms with Crippen molar-refractivity contribution < 1.29 is 33.3 Å². The molecule has 0 aliphatic carbocycles. The van der Waals surface area contributed by atoms with Gasteiger partial charge in [-0.15, -0.1) is 0 Å².